The van der Waals surface area contributed by atoms with Crippen LogP contribution in [0.1, 0.15) is 51.8 Å². The topological polar surface area (TPSA) is 50.2 Å². The molecule has 1 fully saturated rings. The molecule has 1 saturated heterocycles. The molecule has 25 heavy (non-hydrogen) atoms. The Morgan fingerprint density at radius 1 is 1.20 bits per heavy atom. The molecule has 1 aliphatic rings. The number of rotatable bonds is 5. The lowest BCUT2D eigenvalue weighted by molar-refractivity contribution is -0.116. The third-order valence-corrected chi connectivity index (χ3v) is 4.91. The highest BCUT2D eigenvalue weighted by atomic mass is 16.1. The number of benzene rings is 1. The maximum absolute atomic E-state index is 12.0. The van der Waals surface area contributed by atoms with Crippen LogP contribution in [0.2, 0.25) is 0 Å². The van der Waals surface area contributed by atoms with Crippen molar-refractivity contribution in [1.82, 2.24) is 14.5 Å². The fourth-order valence-corrected chi connectivity index (χ4v) is 3.55. The first-order chi connectivity index (χ1) is 12.0. The van der Waals surface area contributed by atoms with Crippen molar-refractivity contribution in [3.63, 3.8) is 0 Å². The quantitative estimate of drug-likeness (QED) is 0.895. The molecular formula is C20H30N4O. The molecule has 0 radical (unpaired) electrons. The Labute approximate surface area is 150 Å². The average Bonchev–Trinajstić information content (AvgIpc) is 2.73. The van der Waals surface area contributed by atoms with E-state index in [-0.39, 0.29) is 5.91 Å². The molecule has 5 heteroatoms. The molecule has 0 atom stereocenters. The minimum Gasteiger partial charge on any atom is -0.330 e. The van der Waals surface area contributed by atoms with Crippen molar-refractivity contribution in [2.45, 2.75) is 52.5 Å². The van der Waals surface area contributed by atoms with Crippen LogP contribution in [-0.2, 0) is 18.4 Å². The number of carbonyl (C=O) groups is 1. The minimum absolute atomic E-state index is 0.0649. The summed E-state index contributed by atoms with van der Waals surface area (Å²) in [4.78, 5) is 19.3. The van der Waals surface area contributed by atoms with Gasteiger partial charge in [0.1, 0.15) is 5.82 Å². The van der Waals surface area contributed by atoms with Gasteiger partial charge in [-0.05, 0) is 50.0 Å². The summed E-state index contributed by atoms with van der Waals surface area (Å²) in [6.45, 7) is 7.34. The van der Waals surface area contributed by atoms with E-state index in [1.807, 2.05) is 12.1 Å². The zero-order chi connectivity index (χ0) is 17.8. The van der Waals surface area contributed by atoms with Crippen LogP contribution in [0, 0.1) is 5.92 Å². The molecule has 3 rings (SSSR count). The van der Waals surface area contributed by atoms with Crippen molar-refractivity contribution in [3.8, 4) is 0 Å². The minimum atomic E-state index is 0.0649. The molecule has 1 aromatic heterocycles. The Kier molecular flexibility index (Phi) is 5.74. The lowest BCUT2D eigenvalue weighted by Gasteiger charge is -2.19. The third-order valence-electron chi connectivity index (χ3n) is 4.91. The summed E-state index contributed by atoms with van der Waals surface area (Å²) in [6, 6.07) is 6.01. The fourth-order valence-electron chi connectivity index (χ4n) is 3.55. The number of amides is 1. The van der Waals surface area contributed by atoms with E-state index >= 15 is 0 Å². The molecule has 0 bridgehead atoms. The Balaban J connectivity index is 1.75. The normalized spacial score (nSPS) is 16.3. The number of likely N-dealkylation sites (tertiary alicyclic amines) is 1. The molecule has 136 valence electrons. The van der Waals surface area contributed by atoms with E-state index in [9.17, 15) is 4.79 Å². The fraction of sp³-hybridized carbons (Fsp3) is 0.600. The lowest BCUT2D eigenvalue weighted by Crippen LogP contribution is -2.25. The number of anilines is 1. The molecule has 2 heterocycles. The lowest BCUT2D eigenvalue weighted by atomic mass is 10.1. The average molecular weight is 342 g/mol. The van der Waals surface area contributed by atoms with Gasteiger partial charge in [0.2, 0.25) is 5.91 Å². The summed E-state index contributed by atoms with van der Waals surface area (Å²) in [5.74, 6) is 1.52. The number of nitrogens with zero attached hydrogens (tertiary/aromatic N) is 3. The predicted molar refractivity (Wildman–Crippen MR) is 103 cm³/mol. The standard InChI is InChI=1S/C20H30N4O/c1-15(2)12-20(25)21-16-8-9-18-17(13-16)22-19(23(18)3)14-24-10-6-4-5-7-11-24/h8-9,13,15H,4-7,10-12,14H2,1-3H3,(H,21,25). The van der Waals surface area contributed by atoms with Gasteiger partial charge in [-0.3, -0.25) is 9.69 Å². The van der Waals surface area contributed by atoms with E-state index < -0.39 is 0 Å². The van der Waals surface area contributed by atoms with Gasteiger partial charge in [-0.25, -0.2) is 4.98 Å². The van der Waals surface area contributed by atoms with Crippen LogP contribution in [0.5, 0.6) is 0 Å². The highest BCUT2D eigenvalue weighted by Crippen LogP contribution is 2.21. The Bertz CT molecular complexity index is 727. The first-order valence-electron chi connectivity index (χ1n) is 9.50. The van der Waals surface area contributed by atoms with E-state index in [0.29, 0.717) is 12.3 Å². The van der Waals surface area contributed by atoms with Crippen LogP contribution >= 0.6 is 0 Å². The zero-order valence-corrected chi connectivity index (χ0v) is 15.7. The van der Waals surface area contributed by atoms with Gasteiger partial charge in [-0.15, -0.1) is 0 Å². The van der Waals surface area contributed by atoms with Crippen LogP contribution in [0.25, 0.3) is 11.0 Å². The number of aromatic nitrogens is 2. The maximum Gasteiger partial charge on any atom is 0.224 e. The van der Waals surface area contributed by atoms with Gasteiger partial charge in [0.25, 0.3) is 0 Å². The number of fused-ring (bicyclic) bond motifs is 1. The van der Waals surface area contributed by atoms with Crippen LogP contribution in [0.15, 0.2) is 18.2 Å². The van der Waals surface area contributed by atoms with Gasteiger partial charge < -0.3 is 9.88 Å². The van der Waals surface area contributed by atoms with Gasteiger partial charge in [-0.1, -0.05) is 26.7 Å². The molecular weight excluding hydrogens is 312 g/mol. The first-order valence-corrected chi connectivity index (χ1v) is 9.50. The van der Waals surface area contributed by atoms with Crippen molar-refractivity contribution < 1.29 is 4.79 Å². The summed E-state index contributed by atoms with van der Waals surface area (Å²) >= 11 is 0. The Morgan fingerprint density at radius 3 is 2.60 bits per heavy atom. The monoisotopic (exact) mass is 342 g/mol. The molecule has 1 amide bonds. The second kappa shape index (κ2) is 8.00. The molecule has 0 spiro atoms. The Morgan fingerprint density at radius 2 is 1.92 bits per heavy atom. The Hall–Kier alpha value is -1.88. The summed E-state index contributed by atoms with van der Waals surface area (Å²) < 4.78 is 2.18. The van der Waals surface area contributed by atoms with Crippen molar-refractivity contribution in [2.24, 2.45) is 13.0 Å². The number of nitrogens with one attached hydrogen (secondary N) is 1. The highest BCUT2D eigenvalue weighted by molar-refractivity contribution is 5.93. The molecule has 1 aliphatic heterocycles. The summed E-state index contributed by atoms with van der Waals surface area (Å²) in [7, 11) is 2.08. The molecule has 1 aromatic carbocycles. The number of hydrogen-bond donors (Lipinski definition) is 1. The van der Waals surface area contributed by atoms with E-state index in [4.69, 9.17) is 4.98 Å². The molecule has 0 unspecified atom stereocenters. The van der Waals surface area contributed by atoms with Gasteiger partial charge in [0.15, 0.2) is 0 Å². The van der Waals surface area contributed by atoms with E-state index in [0.717, 1.165) is 29.1 Å². The van der Waals surface area contributed by atoms with Crippen LogP contribution in [0.4, 0.5) is 5.69 Å². The molecule has 1 N–H and O–H groups in total. The van der Waals surface area contributed by atoms with Crippen LogP contribution < -0.4 is 5.32 Å². The van der Waals surface area contributed by atoms with Crippen molar-refractivity contribution in [2.75, 3.05) is 18.4 Å². The maximum atomic E-state index is 12.0. The number of hydrogen-bond acceptors (Lipinski definition) is 3. The summed E-state index contributed by atoms with van der Waals surface area (Å²) in [5.41, 5.74) is 2.90. The van der Waals surface area contributed by atoms with Gasteiger partial charge >= 0.3 is 0 Å². The zero-order valence-electron chi connectivity index (χ0n) is 15.7. The molecule has 5 nitrogen and oxygen atoms in total. The van der Waals surface area contributed by atoms with Crippen LogP contribution in [-0.4, -0.2) is 33.4 Å². The van der Waals surface area contributed by atoms with Crippen LogP contribution in [0.3, 0.4) is 0 Å². The van der Waals surface area contributed by atoms with Crippen molar-refractivity contribution in [3.05, 3.63) is 24.0 Å². The smallest absolute Gasteiger partial charge is 0.224 e. The number of aryl methyl sites for hydroxylation is 1. The van der Waals surface area contributed by atoms with E-state index in [1.54, 1.807) is 0 Å². The summed E-state index contributed by atoms with van der Waals surface area (Å²) in [6.07, 6.45) is 5.81. The van der Waals surface area contributed by atoms with Gasteiger partial charge in [0.05, 0.1) is 17.6 Å². The van der Waals surface area contributed by atoms with Crippen molar-refractivity contribution >= 4 is 22.6 Å². The number of carbonyl (C=O) groups excluding carboxylic acids is 1. The van der Waals surface area contributed by atoms with E-state index in [2.05, 4.69) is 41.7 Å². The highest BCUT2D eigenvalue weighted by Gasteiger charge is 2.15. The first kappa shape index (κ1) is 17.9. The van der Waals surface area contributed by atoms with Gasteiger partial charge in [-0.2, -0.15) is 0 Å². The summed E-state index contributed by atoms with van der Waals surface area (Å²) in [5, 5.41) is 2.99. The SMILES string of the molecule is CC(C)CC(=O)Nc1ccc2c(c1)nc(CN1CCCCCC1)n2C. The molecule has 0 aliphatic carbocycles. The predicted octanol–water partition coefficient (Wildman–Crippen LogP) is 3.93. The van der Waals surface area contributed by atoms with Crippen molar-refractivity contribution in [1.29, 1.82) is 0 Å². The van der Waals surface area contributed by atoms with E-state index in [1.165, 1.54) is 38.8 Å². The second-order valence-electron chi connectivity index (χ2n) is 7.63. The molecule has 2 aromatic rings. The number of imidazole rings is 1. The molecule has 0 saturated carbocycles. The third kappa shape index (κ3) is 4.60. The van der Waals surface area contributed by atoms with Gasteiger partial charge in [0, 0.05) is 19.2 Å². The largest absolute Gasteiger partial charge is 0.330 e. The second-order valence-corrected chi connectivity index (χ2v) is 7.63.